The molecule has 1 amide bonds. The second-order valence-corrected chi connectivity index (χ2v) is 9.39. The number of hydrogen-bond donors (Lipinski definition) is 3. The highest BCUT2D eigenvalue weighted by molar-refractivity contribution is 8.18. The van der Waals surface area contributed by atoms with Gasteiger partial charge < -0.3 is 15.1 Å². The third kappa shape index (κ3) is 7.42. The van der Waals surface area contributed by atoms with E-state index in [2.05, 4.69) is 22.6 Å². The molecule has 0 aliphatic carbocycles. The highest BCUT2D eigenvalue weighted by atomic mass is 35.7. The lowest BCUT2D eigenvalue weighted by Crippen LogP contribution is -2.36. The number of nitrogens with zero attached hydrogens (tertiary/aromatic N) is 3. The first kappa shape index (κ1) is 25.0. The number of halogens is 2. The number of aliphatic hydroxyl groups is 2. The first-order chi connectivity index (χ1) is 13.2. The minimum absolute atomic E-state index is 0.00363. The van der Waals surface area contributed by atoms with Crippen LogP contribution in [0.1, 0.15) is 25.0 Å². The van der Waals surface area contributed by atoms with Crippen molar-refractivity contribution < 1.29 is 15.0 Å². The molecule has 2 N–H and O–H groups in total. The SMILES string of the molecule is CC(C)N(C)C(=O)C[S+](Cl)c1cnccc1CO.OCc1c(S)cncc1Cl. The monoisotopic (exact) mass is 464 g/mol. The molecular formula is C18H24Cl2N3O3S2+. The summed E-state index contributed by atoms with van der Waals surface area (Å²) in [7, 11) is 7.27. The number of aromatic nitrogens is 2. The first-order valence-corrected chi connectivity index (χ1v) is 11.4. The Labute approximate surface area is 183 Å². The first-order valence-electron chi connectivity index (χ1n) is 8.31. The molecule has 10 heteroatoms. The van der Waals surface area contributed by atoms with Crippen LogP contribution in [0.2, 0.25) is 5.02 Å². The molecule has 28 heavy (non-hydrogen) atoms. The molecule has 2 heterocycles. The van der Waals surface area contributed by atoms with Gasteiger partial charge in [-0.15, -0.1) is 12.6 Å². The molecule has 0 bridgehead atoms. The van der Waals surface area contributed by atoms with Gasteiger partial charge in [-0.05, 0) is 19.9 Å². The van der Waals surface area contributed by atoms with E-state index >= 15 is 0 Å². The van der Waals surface area contributed by atoms with Gasteiger partial charge in [-0.2, -0.15) is 0 Å². The van der Waals surface area contributed by atoms with Crippen LogP contribution in [0.4, 0.5) is 0 Å². The van der Waals surface area contributed by atoms with Crippen LogP contribution in [-0.4, -0.2) is 49.8 Å². The summed E-state index contributed by atoms with van der Waals surface area (Å²) in [4.78, 5) is 22.7. The Balaban J connectivity index is 0.000000330. The molecule has 0 radical (unpaired) electrons. The number of aliphatic hydroxyl groups excluding tert-OH is 2. The second kappa shape index (κ2) is 12.5. The molecule has 0 aromatic carbocycles. The van der Waals surface area contributed by atoms with Crippen LogP contribution in [0.5, 0.6) is 0 Å². The summed E-state index contributed by atoms with van der Waals surface area (Å²) in [5.41, 5.74) is 1.35. The number of rotatable bonds is 6. The lowest BCUT2D eigenvalue weighted by Gasteiger charge is -2.19. The van der Waals surface area contributed by atoms with Crippen molar-refractivity contribution in [3.8, 4) is 0 Å². The molecule has 0 saturated carbocycles. The Hall–Kier alpha value is -1.03. The zero-order chi connectivity index (χ0) is 21.3. The van der Waals surface area contributed by atoms with E-state index < -0.39 is 10.1 Å². The molecule has 2 aromatic rings. The Morgan fingerprint density at radius 2 is 1.93 bits per heavy atom. The van der Waals surface area contributed by atoms with Gasteiger partial charge in [0.1, 0.15) is 0 Å². The molecule has 2 rings (SSSR count). The summed E-state index contributed by atoms with van der Waals surface area (Å²) in [5, 5.41) is 18.4. The van der Waals surface area contributed by atoms with Crippen molar-refractivity contribution in [2.75, 3.05) is 12.8 Å². The number of amides is 1. The van der Waals surface area contributed by atoms with Crippen LogP contribution in [0.15, 0.2) is 40.6 Å². The third-order valence-corrected chi connectivity index (χ3v) is 6.72. The van der Waals surface area contributed by atoms with E-state index in [0.717, 1.165) is 10.5 Å². The number of pyridine rings is 2. The van der Waals surface area contributed by atoms with Crippen LogP contribution in [-0.2, 0) is 28.1 Å². The highest BCUT2D eigenvalue weighted by Crippen LogP contribution is 2.22. The van der Waals surface area contributed by atoms with E-state index in [-0.39, 0.29) is 30.9 Å². The van der Waals surface area contributed by atoms with Gasteiger partial charge in [0.05, 0.1) is 24.4 Å². The average Bonchev–Trinajstić information content (AvgIpc) is 2.67. The average molecular weight is 465 g/mol. The van der Waals surface area contributed by atoms with E-state index in [9.17, 15) is 9.90 Å². The minimum atomic E-state index is -0.754. The fraction of sp³-hybridized carbons (Fsp3) is 0.389. The predicted octanol–water partition coefficient (Wildman–Crippen LogP) is 3.09. The summed E-state index contributed by atoms with van der Waals surface area (Å²) < 4.78 is 0. The van der Waals surface area contributed by atoms with Crippen molar-refractivity contribution in [1.82, 2.24) is 14.9 Å². The molecule has 6 nitrogen and oxygen atoms in total. The molecule has 0 spiro atoms. The normalized spacial score (nSPS) is 11.6. The molecule has 0 aliphatic heterocycles. The fourth-order valence-electron chi connectivity index (χ4n) is 1.92. The lowest BCUT2D eigenvalue weighted by molar-refractivity contribution is -0.128. The van der Waals surface area contributed by atoms with Crippen molar-refractivity contribution in [3.63, 3.8) is 0 Å². The summed E-state index contributed by atoms with van der Waals surface area (Å²) in [6.07, 6.45) is 6.24. The van der Waals surface area contributed by atoms with Crippen LogP contribution in [0.3, 0.4) is 0 Å². The molecule has 1 atom stereocenters. The maximum atomic E-state index is 11.9. The standard InChI is InChI=1S/C12H18ClN2O2S.C6H6ClNOS/c1-9(2)15(3)12(17)8-18(13)11-6-14-5-4-10(11)7-16;7-5-1-8-2-6(10)4(5)3-9/h4-6,9,16H,7-8H2,1-3H3;1-2,9-10H,3H2/q+1;. The highest BCUT2D eigenvalue weighted by Gasteiger charge is 2.29. The van der Waals surface area contributed by atoms with E-state index in [1.807, 2.05) is 13.8 Å². The number of carbonyl (C=O) groups excluding carboxylic acids is 1. The van der Waals surface area contributed by atoms with Gasteiger partial charge in [-0.25, -0.2) is 0 Å². The summed E-state index contributed by atoms with van der Waals surface area (Å²) in [6, 6.07) is 1.87. The molecule has 0 fully saturated rings. The molecule has 0 saturated heterocycles. The van der Waals surface area contributed by atoms with Gasteiger partial charge in [-0.3, -0.25) is 14.8 Å². The third-order valence-electron chi connectivity index (χ3n) is 3.84. The zero-order valence-electron chi connectivity index (χ0n) is 15.8. The number of thiol groups is 1. The topological polar surface area (TPSA) is 86.6 Å². The van der Waals surface area contributed by atoms with Gasteiger partial charge >= 0.3 is 0 Å². The Bertz CT molecular complexity index is 761. The Morgan fingerprint density at radius 3 is 2.43 bits per heavy atom. The molecule has 154 valence electrons. The van der Waals surface area contributed by atoms with E-state index in [4.69, 9.17) is 27.4 Å². The van der Waals surface area contributed by atoms with Crippen molar-refractivity contribution in [3.05, 3.63) is 47.0 Å². The fourth-order valence-corrected chi connectivity index (χ4v) is 4.33. The van der Waals surface area contributed by atoms with Crippen LogP contribution in [0.25, 0.3) is 0 Å². The molecular weight excluding hydrogens is 441 g/mol. The zero-order valence-corrected chi connectivity index (χ0v) is 19.1. The molecule has 1 unspecified atom stereocenters. The van der Waals surface area contributed by atoms with Gasteiger partial charge in [0.25, 0.3) is 5.91 Å². The van der Waals surface area contributed by atoms with E-state index in [0.29, 0.717) is 15.5 Å². The van der Waals surface area contributed by atoms with Gasteiger partial charge in [-0.1, -0.05) is 11.6 Å². The lowest BCUT2D eigenvalue weighted by atomic mass is 10.3. The Morgan fingerprint density at radius 1 is 1.25 bits per heavy atom. The smallest absolute Gasteiger partial charge is 0.274 e. The van der Waals surface area contributed by atoms with Gasteiger partial charge in [0.15, 0.2) is 25.7 Å². The van der Waals surface area contributed by atoms with E-state index in [1.165, 1.54) is 6.20 Å². The van der Waals surface area contributed by atoms with Gasteiger partial charge in [0.2, 0.25) is 5.75 Å². The van der Waals surface area contributed by atoms with Crippen LogP contribution >= 0.6 is 34.9 Å². The Kier molecular flexibility index (Phi) is 11.2. The summed E-state index contributed by atoms with van der Waals surface area (Å²) in [5.74, 6) is 0.227. The minimum Gasteiger partial charge on any atom is -0.392 e. The summed E-state index contributed by atoms with van der Waals surface area (Å²) >= 11 is 9.70. The number of carbonyl (C=O) groups is 1. The maximum Gasteiger partial charge on any atom is 0.274 e. The second-order valence-electron chi connectivity index (χ2n) is 5.99. The largest absolute Gasteiger partial charge is 0.392 e. The molecule has 0 aliphatic rings. The van der Waals surface area contributed by atoms with Crippen molar-refractivity contribution >= 4 is 50.9 Å². The molecule has 2 aromatic heterocycles. The van der Waals surface area contributed by atoms with E-state index in [1.54, 1.807) is 36.6 Å². The van der Waals surface area contributed by atoms with Crippen LogP contribution in [0, 0.1) is 0 Å². The van der Waals surface area contributed by atoms with Crippen LogP contribution < -0.4 is 0 Å². The quantitative estimate of drug-likeness (QED) is 0.451. The maximum absolute atomic E-state index is 11.9. The number of hydrogen-bond acceptors (Lipinski definition) is 6. The van der Waals surface area contributed by atoms with Crippen molar-refractivity contribution in [1.29, 1.82) is 0 Å². The van der Waals surface area contributed by atoms with Crippen molar-refractivity contribution in [2.45, 2.75) is 42.9 Å². The van der Waals surface area contributed by atoms with Crippen molar-refractivity contribution in [2.24, 2.45) is 0 Å². The predicted molar refractivity (Wildman–Crippen MR) is 117 cm³/mol. The van der Waals surface area contributed by atoms with Gasteiger partial charge in [0, 0.05) is 47.7 Å². The summed E-state index contributed by atoms with van der Waals surface area (Å²) in [6.45, 7) is 3.71.